The van der Waals surface area contributed by atoms with Gasteiger partial charge in [-0.15, -0.1) is 12.4 Å². The number of ether oxygens (including phenoxy) is 3. The molecule has 128 valence electrons. The maximum Gasteiger partial charge on any atom is 0.249 e. The van der Waals surface area contributed by atoms with Crippen LogP contribution in [0.2, 0.25) is 0 Å². The number of hydrogen-bond acceptors (Lipinski definition) is 5. The summed E-state index contributed by atoms with van der Waals surface area (Å²) in [6.45, 7) is 2.22. The summed E-state index contributed by atoms with van der Waals surface area (Å²) in [6.07, 6.45) is 2.02. The lowest BCUT2D eigenvalue weighted by atomic mass is 10.1. The summed E-state index contributed by atoms with van der Waals surface area (Å²) in [5.74, 6) is 1.51. The second kappa shape index (κ2) is 8.38. The van der Waals surface area contributed by atoms with Gasteiger partial charge < -0.3 is 25.3 Å². The topological polar surface area (TPSA) is 82.8 Å². The lowest BCUT2D eigenvalue weighted by molar-refractivity contribution is -0.131. The molecule has 1 saturated heterocycles. The molecule has 3 rings (SSSR count). The molecule has 2 heterocycles. The highest BCUT2D eigenvalue weighted by Gasteiger charge is 2.29. The summed E-state index contributed by atoms with van der Waals surface area (Å²) in [5, 5.41) is 2.92. The molecule has 1 fully saturated rings. The fourth-order valence-corrected chi connectivity index (χ4v) is 2.76. The van der Waals surface area contributed by atoms with E-state index in [9.17, 15) is 4.79 Å². The van der Waals surface area contributed by atoms with Crippen molar-refractivity contribution in [3.05, 3.63) is 23.8 Å². The zero-order valence-corrected chi connectivity index (χ0v) is 13.8. The maximum atomic E-state index is 12.0. The molecule has 0 radical (unpaired) electrons. The van der Waals surface area contributed by atoms with Gasteiger partial charge >= 0.3 is 0 Å². The Bertz CT molecular complexity index is 541. The number of amides is 1. The highest BCUT2D eigenvalue weighted by molar-refractivity contribution is 5.85. The molecule has 0 saturated carbocycles. The van der Waals surface area contributed by atoms with Crippen molar-refractivity contribution in [1.82, 2.24) is 5.32 Å². The fourth-order valence-electron chi connectivity index (χ4n) is 2.76. The van der Waals surface area contributed by atoms with Crippen LogP contribution in [0.15, 0.2) is 18.2 Å². The predicted molar refractivity (Wildman–Crippen MR) is 88.3 cm³/mol. The highest BCUT2D eigenvalue weighted by Crippen LogP contribution is 2.30. The number of nitrogens with one attached hydrogen (secondary N) is 1. The van der Waals surface area contributed by atoms with Crippen molar-refractivity contribution in [2.24, 2.45) is 5.73 Å². The zero-order chi connectivity index (χ0) is 15.4. The normalized spacial score (nSPS) is 22.3. The van der Waals surface area contributed by atoms with Crippen LogP contribution >= 0.6 is 12.4 Å². The van der Waals surface area contributed by atoms with Crippen LogP contribution in [0.5, 0.6) is 11.5 Å². The Labute approximate surface area is 142 Å². The van der Waals surface area contributed by atoms with Crippen LogP contribution in [0, 0.1) is 0 Å². The highest BCUT2D eigenvalue weighted by atomic mass is 35.5. The van der Waals surface area contributed by atoms with Crippen molar-refractivity contribution in [2.75, 3.05) is 26.3 Å². The Kier molecular flexibility index (Phi) is 6.50. The van der Waals surface area contributed by atoms with E-state index in [4.69, 9.17) is 19.9 Å². The number of carbonyl (C=O) groups is 1. The molecule has 3 N–H and O–H groups in total. The number of halogens is 1. The monoisotopic (exact) mass is 342 g/mol. The van der Waals surface area contributed by atoms with E-state index in [1.54, 1.807) is 0 Å². The molecular formula is C16H23ClN2O4. The SMILES string of the molecule is Cl.NC[C@H]1CC[C@@H](C(=O)NCCc2ccc3c(c2)OCCO3)O1. The number of hydrogen-bond donors (Lipinski definition) is 2. The first-order valence-corrected chi connectivity index (χ1v) is 7.78. The van der Waals surface area contributed by atoms with Crippen molar-refractivity contribution < 1.29 is 19.0 Å². The number of nitrogens with two attached hydrogens (primary N) is 1. The molecule has 0 aromatic heterocycles. The first kappa shape index (κ1) is 17.8. The Balaban J connectivity index is 0.00000192. The van der Waals surface area contributed by atoms with Crippen molar-refractivity contribution in [3.63, 3.8) is 0 Å². The van der Waals surface area contributed by atoms with E-state index in [2.05, 4.69) is 5.32 Å². The molecule has 2 atom stereocenters. The van der Waals surface area contributed by atoms with E-state index in [1.165, 1.54) is 0 Å². The zero-order valence-electron chi connectivity index (χ0n) is 13.0. The number of benzene rings is 1. The summed E-state index contributed by atoms with van der Waals surface area (Å²) < 4.78 is 16.6. The van der Waals surface area contributed by atoms with E-state index in [0.717, 1.165) is 36.3 Å². The molecule has 6 nitrogen and oxygen atoms in total. The minimum Gasteiger partial charge on any atom is -0.486 e. The van der Waals surface area contributed by atoms with Crippen molar-refractivity contribution in [2.45, 2.75) is 31.5 Å². The van der Waals surface area contributed by atoms with Crippen LogP contribution in [0.25, 0.3) is 0 Å². The molecule has 0 unspecified atom stereocenters. The van der Waals surface area contributed by atoms with Gasteiger partial charge in [-0.05, 0) is 37.0 Å². The molecule has 2 aliphatic rings. The molecule has 1 aromatic rings. The molecule has 2 aliphatic heterocycles. The van der Waals surface area contributed by atoms with Crippen LogP contribution in [0.1, 0.15) is 18.4 Å². The lowest BCUT2D eigenvalue weighted by Crippen LogP contribution is -2.36. The molecule has 0 bridgehead atoms. The van der Waals surface area contributed by atoms with Crippen molar-refractivity contribution in [1.29, 1.82) is 0 Å². The minimum atomic E-state index is -0.353. The molecule has 23 heavy (non-hydrogen) atoms. The molecule has 0 aliphatic carbocycles. The Morgan fingerprint density at radius 1 is 1.22 bits per heavy atom. The van der Waals surface area contributed by atoms with Crippen LogP contribution in [-0.4, -0.2) is 44.4 Å². The van der Waals surface area contributed by atoms with Gasteiger partial charge in [0.2, 0.25) is 5.91 Å². The first-order chi connectivity index (χ1) is 10.8. The molecule has 7 heteroatoms. The Hall–Kier alpha value is -1.50. The quantitative estimate of drug-likeness (QED) is 0.835. The molecule has 1 aromatic carbocycles. The van der Waals surface area contributed by atoms with Crippen molar-refractivity contribution >= 4 is 18.3 Å². The summed E-state index contributed by atoms with van der Waals surface area (Å²) in [4.78, 5) is 12.0. The van der Waals surface area contributed by atoms with Gasteiger partial charge in [-0.1, -0.05) is 6.07 Å². The fraction of sp³-hybridized carbons (Fsp3) is 0.562. The van der Waals surface area contributed by atoms with E-state index >= 15 is 0 Å². The second-order valence-corrected chi connectivity index (χ2v) is 5.58. The second-order valence-electron chi connectivity index (χ2n) is 5.58. The summed E-state index contributed by atoms with van der Waals surface area (Å²) in [7, 11) is 0. The van der Waals surface area contributed by atoms with E-state index in [0.29, 0.717) is 26.3 Å². The van der Waals surface area contributed by atoms with E-state index in [1.807, 2.05) is 18.2 Å². The van der Waals surface area contributed by atoms with E-state index < -0.39 is 0 Å². The summed E-state index contributed by atoms with van der Waals surface area (Å²) in [6, 6.07) is 5.88. The smallest absolute Gasteiger partial charge is 0.249 e. The average Bonchev–Trinajstić information content (AvgIpc) is 3.04. The number of carbonyl (C=O) groups excluding carboxylic acids is 1. The maximum absolute atomic E-state index is 12.0. The minimum absolute atomic E-state index is 0. The van der Waals surface area contributed by atoms with E-state index in [-0.39, 0.29) is 30.5 Å². The van der Waals surface area contributed by atoms with Crippen LogP contribution < -0.4 is 20.5 Å². The number of fused-ring (bicyclic) bond motifs is 1. The standard InChI is InChI=1S/C16H22N2O4.ClH/c17-10-12-2-4-14(22-12)16(19)18-6-5-11-1-3-13-15(9-11)21-8-7-20-13;/h1,3,9,12,14H,2,4-8,10,17H2,(H,18,19);1H/t12-,14+;/m1./s1. The van der Waals surface area contributed by atoms with Gasteiger partial charge in [-0.25, -0.2) is 0 Å². The van der Waals surface area contributed by atoms with Gasteiger partial charge in [0.15, 0.2) is 11.5 Å². The molecular weight excluding hydrogens is 320 g/mol. The molecule has 0 spiro atoms. The van der Waals surface area contributed by atoms with Gasteiger partial charge in [0.05, 0.1) is 6.10 Å². The van der Waals surface area contributed by atoms with Crippen LogP contribution in [-0.2, 0) is 16.0 Å². The van der Waals surface area contributed by atoms with Gasteiger partial charge in [-0.2, -0.15) is 0 Å². The third-order valence-corrected chi connectivity index (χ3v) is 3.98. The summed E-state index contributed by atoms with van der Waals surface area (Å²) in [5.41, 5.74) is 6.66. The first-order valence-electron chi connectivity index (χ1n) is 7.78. The van der Waals surface area contributed by atoms with Gasteiger partial charge in [-0.3, -0.25) is 4.79 Å². The summed E-state index contributed by atoms with van der Waals surface area (Å²) >= 11 is 0. The Morgan fingerprint density at radius 3 is 2.74 bits per heavy atom. The Morgan fingerprint density at radius 2 is 2.00 bits per heavy atom. The third kappa shape index (κ3) is 4.50. The third-order valence-electron chi connectivity index (χ3n) is 3.98. The van der Waals surface area contributed by atoms with Crippen LogP contribution in [0.3, 0.4) is 0 Å². The largest absolute Gasteiger partial charge is 0.486 e. The average molecular weight is 343 g/mol. The van der Waals surface area contributed by atoms with Gasteiger partial charge in [0.1, 0.15) is 19.3 Å². The van der Waals surface area contributed by atoms with Crippen molar-refractivity contribution in [3.8, 4) is 11.5 Å². The van der Waals surface area contributed by atoms with Gasteiger partial charge in [0.25, 0.3) is 0 Å². The predicted octanol–water partition coefficient (Wildman–Crippen LogP) is 1.04. The lowest BCUT2D eigenvalue weighted by Gasteiger charge is -2.19. The molecule has 1 amide bonds. The van der Waals surface area contributed by atoms with Crippen LogP contribution in [0.4, 0.5) is 0 Å². The number of rotatable bonds is 5. The van der Waals surface area contributed by atoms with Gasteiger partial charge in [0, 0.05) is 13.1 Å².